The van der Waals surface area contributed by atoms with Crippen molar-refractivity contribution in [3.8, 4) is 0 Å². The van der Waals surface area contributed by atoms with E-state index in [9.17, 15) is 13.2 Å². The molecule has 1 aliphatic rings. The maximum atomic E-state index is 12.9. The normalized spacial score (nSPS) is 15.3. The molecular weight excluding hydrogens is 392 g/mol. The van der Waals surface area contributed by atoms with E-state index in [0.717, 1.165) is 41.7 Å². The molecule has 1 heterocycles. The number of aryl methyl sites for hydroxylation is 2. The van der Waals surface area contributed by atoms with Crippen molar-refractivity contribution in [1.29, 1.82) is 0 Å². The van der Waals surface area contributed by atoms with Crippen molar-refractivity contribution >= 4 is 31.6 Å². The first-order valence-corrected chi connectivity index (χ1v) is 11.9. The SMILES string of the molecule is CC(C)n1c(=O)sc2cc(S(=O)(=O)N[C@H](C)c3ccc4c(c3)CCC4)ccc21. The van der Waals surface area contributed by atoms with Gasteiger partial charge in [0, 0.05) is 12.1 Å². The van der Waals surface area contributed by atoms with Crippen molar-refractivity contribution in [2.24, 2.45) is 0 Å². The fourth-order valence-electron chi connectivity index (χ4n) is 3.90. The second kappa shape index (κ2) is 7.13. The van der Waals surface area contributed by atoms with Crippen LogP contribution in [-0.4, -0.2) is 13.0 Å². The maximum Gasteiger partial charge on any atom is 0.308 e. The Morgan fingerprint density at radius 3 is 2.54 bits per heavy atom. The number of hydrogen-bond acceptors (Lipinski definition) is 4. The molecule has 2 aromatic carbocycles. The predicted molar refractivity (Wildman–Crippen MR) is 114 cm³/mol. The number of thiazole rings is 1. The lowest BCUT2D eigenvalue weighted by molar-refractivity contribution is 0.567. The number of fused-ring (bicyclic) bond motifs is 2. The van der Waals surface area contributed by atoms with Gasteiger partial charge in [-0.1, -0.05) is 29.5 Å². The molecule has 0 saturated carbocycles. The van der Waals surface area contributed by atoms with Crippen LogP contribution in [0.15, 0.2) is 46.1 Å². The van der Waals surface area contributed by atoms with E-state index in [-0.39, 0.29) is 21.9 Å². The lowest BCUT2D eigenvalue weighted by atomic mass is 10.0. The molecule has 0 spiro atoms. The summed E-state index contributed by atoms with van der Waals surface area (Å²) < 4.78 is 31.0. The number of rotatable bonds is 5. The highest BCUT2D eigenvalue weighted by molar-refractivity contribution is 7.89. The van der Waals surface area contributed by atoms with Crippen LogP contribution < -0.4 is 9.60 Å². The fraction of sp³-hybridized carbons (Fsp3) is 0.381. The molecule has 0 radical (unpaired) electrons. The molecule has 5 nitrogen and oxygen atoms in total. The predicted octanol–water partition coefficient (Wildman–Crippen LogP) is 4.17. The number of nitrogens with zero attached hydrogens (tertiary/aromatic N) is 1. The van der Waals surface area contributed by atoms with E-state index in [0.29, 0.717) is 4.70 Å². The standard InChI is InChI=1S/C21H24N2O3S2/c1-13(2)23-19-10-9-18(12-20(19)27-21(23)24)28(25,26)22-14(3)16-8-7-15-5-4-6-17(15)11-16/h7-14,22H,4-6H2,1-3H3/t14-/m1/s1. The van der Waals surface area contributed by atoms with Gasteiger partial charge in [-0.05, 0) is 74.9 Å². The average Bonchev–Trinajstić information content (AvgIpc) is 3.22. The Balaban J connectivity index is 1.63. The molecule has 1 aliphatic carbocycles. The third kappa shape index (κ3) is 3.43. The molecule has 0 aliphatic heterocycles. The monoisotopic (exact) mass is 416 g/mol. The van der Waals surface area contributed by atoms with Gasteiger partial charge < -0.3 is 0 Å². The van der Waals surface area contributed by atoms with Crippen molar-refractivity contribution in [2.75, 3.05) is 0 Å². The molecule has 0 bridgehead atoms. The van der Waals surface area contributed by atoms with Crippen LogP contribution in [0, 0.1) is 0 Å². The molecule has 3 aromatic rings. The van der Waals surface area contributed by atoms with E-state index in [4.69, 9.17) is 0 Å². The van der Waals surface area contributed by atoms with Gasteiger partial charge in [0.15, 0.2) is 0 Å². The smallest absolute Gasteiger partial charge is 0.296 e. The summed E-state index contributed by atoms with van der Waals surface area (Å²) >= 11 is 1.08. The highest BCUT2D eigenvalue weighted by atomic mass is 32.2. The second-order valence-corrected chi connectivity index (χ2v) is 10.4. The average molecular weight is 417 g/mol. The topological polar surface area (TPSA) is 68.2 Å². The minimum atomic E-state index is -3.69. The van der Waals surface area contributed by atoms with Crippen LogP contribution in [0.25, 0.3) is 10.2 Å². The fourth-order valence-corrected chi connectivity index (χ4v) is 6.29. The Labute approximate surface area is 169 Å². The first-order chi connectivity index (χ1) is 13.3. The highest BCUT2D eigenvalue weighted by Gasteiger charge is 2.21. The molecule has 0 amide bonds. The van der Waals surface area contributed by atoms with Gasteiger partial charge in [0.05, 0.1) is 15.1 Å². The van der Waals surface area contributed by atoms with Crippen molar-refractivity contribution < 1.29 is 8.42 Å². The van der Waals surface area contributed by atoms with Crippen molar-refractivity contribution in [3.63, 3.8) is 0 Å². The first-order valence-electron chi connectivity index (χ1n) is 9.55. The quantitative estimate of drug-likeness (QED) is 0.679. The lowest BCUT2D eigenvalue weighted by Crippen LogP contribution is -2.27. The van der Waals surface area contributed by atoms with Gasteiger partial charge in [-0.15, -0.1) is 0 Å². The van der Waals surface area contributed by atoms with Gasteiger partial charge in [0.2, 0.25) is 10.0 Å². The van der Waals surface area contributed by atoms with Crippen LogP contribution >= 0.6 is 11.3 Å². The summed E-state index contributed by atoms with van der Waals surface area (Å²) in [6.45, 7) is 5.75. The number of benzene rings is 2. The van der Waals surface area contributed by atoms with Crippen LogP contribution in [-0.2, 0) is 22.9 Å². The molecule has 1 atom stereocenters. The Morgan fingerprint density at radius 2 is 1.79 bits per heavy atom. The summed E-state index contributed by atoms with van der Waals surface area (Å²) in [6, 6.07) is 10.8. The minimum Gasteiger partial charge on any atom is -0.296 e. The van der Waals surface area contributed by atoms with Crippen LogP contribution in [0.3, 0.4) is 0 Å². The molecule has 148 valence electrons. The largest absolute Gasteiger partial charge is 0.308 e. The summed E-state index contributed by atoms with van der Waals surface area (Å²) in [5.74, 6) is 0. The number of hydrogen-bond donors (Lipinski definition) is 1. The Kier molecular flexibility index (Phi) is 4.93. The molecule has 0 unspecified atom stereocenters. The van der Waals surface area contributed by atoms with Crippen molar-refractivity contribution in [1.82, 2.24) is 9.29 Å². The van der Waals surface area contributed by atoms with E-state index >= 15 is 0 Å². The van der Waals surface area contributed by atoms with Gasteiger partial charge in [-0.3, -0.25) is 9.36 Å². The van der Waals surface area contributed by atoms with E-state index in [1.807, 2.05) is 26.8 Å². The van der Waals surface area contributed by atoms with Crippen LogP contribution in [0.1, 0.15) is 56.0 Å². The van der Waals surface area contributed by atoms with Gasteiger partial charge in [-0.2, -0.15) is 0 Å². The van der Waals surface area contributed by atoms with Gasteiger partial charge >= 0.3 is 4.87 Å². The summed E-state index contributed by atoms with van der Waals surface area (Å²) in [5, 5.41) is 0. The Hall–Kier alpha value is -1.96. The Morgan fingerprint density at radius 1 is 1.04 bits per heavy atom. The highest BCUT2D eigenvalue weighted by Crippen LogP contribution is 2.27. The molecule has 0 fully saturated rings. The van der Waals surface area contributed by atoms with Crippen LogP contribution in [0.5, 0.6) is 0 Å². The molecule has 7 heteroatoms. The van der Waals surface area contributed by atoms with Gasteiger partial charge in [0.1, 0.15) is 0 Å². The maximum absolute atomic E-state index is 12.9. The number of nitrogens with one attached hydrogen (secondary N) is 1. The van der Waals surface area contributed by atoms with Crippen molar-refractivity contribution in [3.05, 3.63) is 62.8 Å². The third-order valence-electron chi connectivity index (χ3n) is 5.37. The zero-order valence-corrected chi connectivity index (χ0v) is 17.9. The summed E-state index contributed by atoms with van der Waals surface area (Å²) in [6.07, 6.45) is 3.33. The van der Waals surface area contributed by atoms with Gasteiger partial charge in [0.25, 0.3) is 0 Å². The zero-order chi connectivity index (χ0) is 20.1. The molecule has 4 rings (SSSR count). The van der Waals surface area contributed by atoms with Crippen LogP contribution in [0.2, 0.25) is 0 Å². The van der Waals surface area contributed by atoms with Gasteiger partial charge in [-0.25, -0.2) is 13.1 Å². The molecule has 1 N–H and O–H groups in total. The van der Waals surface area contributed by atoms with E-state index in [1.54, 1.807) is 22.8 Å². The van der Waals surface area contributed by atoms with Crippen molar-refractivity contribution in [2.45, 2.75) is 57.0 Å². The number of aromatic nitrogens is 1. The third-order valence-corrected chi connectivity index (χ3v) is 7.82. The first kappa shape index (κ1) is 19.4. The summed E-state index contributed by atoms with van der Waals surface area (Å²) in [4.78, 5) is 12.3. The molecular formula is C21H24N2O3S2. The van der Waals surface area contributed by atoms with Crippen LogP contribution in [0.4, 0.5) is 0 Å². The van der Waals surface area contributed by atoms with E-state index in [2.05, 4.69) is 16.9 Å². The Bertz CT molecular complexity index is 1210. The summed E-state index contributed by atoms with van der Waals surface area (Å²) in [7, 11) is -3.69. The minimum absolute atomic E-state index is 0.0293. The summed E-state index contributed by atoms with van der Waals surface area (Å²) in [5.41, 5.74) is 4.44. The molecule has 1 aromatic heterocycles. The second-order valence-electron chi connectivity index (χ2n) is 7.69. The lowest BCUT2D eigenvalue weighted by Gasteiger charge is -2.16. The number of sulfonamides is 1. The molecule has 28 heavy (non-hydrogen) atoms. The van der Waals surface area contributed by atoms with E-state index in [1.165, 1.54) is 11.1 Å². The van der Waals surface area contributed by atoms with E-state index < -0.39 is 10.0 Å². The zero-order valence-electron chi connectivity index (χ0n) is 16.2. The molecule has 0 saturated heterocycles.